The normalized spacial score (nSPS) is 17.6. The van der Waals surface area contributed by atoms with E-state index in [4.69, 9.17) is 0 Å². The summed E-state index contributed by atoms with van der Waals surface area (Å²) in [6.45, 7) is 3.93. The van der Waals surface area contributed by atoms with Gasteiger partial charge in [-0.1, -0.05) is 6.07 Å². The smallest absolute Gasteiger partial charge is 0.315 e. The number of urea groups is 1. The van der Waals surface area contributed by atoms with Crippen molar-refractivity contribution in [2.24, 2.45) is 0 Å². The van der Waals surface area contributed by atoms with Gasteiger partial charge in [0, 0.05) is 25.7 Å². The van der Waals surface area contributed by atoms with Gasteiger partial charge in [0.25, 0.3) is 0 Å². The molecule has 2 amide bonds. The van der Waals surface area contributed by atoms with Crippen molar-refractivity contribution in [3.63, 3.8) is 0 Å². The molecule has 0 aliphatic carbocycles. The first kappa shape index (κ1) is 16.8. The fraction of sp³-hybridized carbons (Fsp3) is 0.389. The minimum absolute atomic E-state index is 0.0288. The van der Waals surface area contributed by atoms with Crippen molar-refractivity contribution in [3.05, 3.63) is 52.0 Å². The third kappa shape index (κ3) is 4.26. The molecule has 3 rings (SSSR count). The van der Waals surface area contributed by atoms with Crippen LogP contribution in [0.5, 0.6) is 0 Å². The predicted molar refractivity (Wildman–Crippen MR) is 96.1 cm³/mol. The Balaban J connectivity index is 1.55. The van der Waals surface area contributed by atoms with Gasteiger partial charge in [-0.05, 0) is 59.9 Å². The van der Waals surface area contributed by atoms with Gasteiger partial charge in [-0.3, -0.25) is 0 Å². The predicted octanol–water partition coefficient (Wildman–Crippen LogP) is 3.66. The van der Waals surface area contributed by atoms with E-state index in [0.717, 1.165) is 30.5 Å². The number of nitrogens with one attached hydrogen (secondary N) is 2. The molecule has 1 atom stereocenters. The molecule has 1 saturated heterocycles. The Morgan fingerprint density at radius 3 is 3.08 bits per heavy atom. The molecule has 1 aliphatic heterocycles. The van der Waals surface area contributed by atoms with E-state index < -0.39 is 0 Å². The van der Waals surface area contributed by atoms with Gasteiger partial charge in [0.2, 0.25) is 0 Å². The number of aryl methyl sites for hydroxylation is 1. The summed E-state index contributed by atoms with van der Waals surface area (Å²) in [4.78, 5) is 14.1. The Morgan fingerprint density at radius 1 is 1.42 bits per heavy atom. The summed E-state index contributed by atoms with van der Waals surface area (Å²) < 4.78 is 14.1. The Hall–Kier alpha value is -2.08. The van der Waals surface area contributed by atoms with Crippen LogP contribution in [0.1, 0.15) is 24.0 Å². The molecule has 1 fully saturated rings. The van der Waals surface area contributed by atoms with Crippen LogP contribution in [0.15, 0.2) is 35.0 Å². The van der Waals surface area contributed by atoms with E-state index in [9.17, 15) is 9.18 Å². The summed E-state index contributed by atoms with van der Waals surface area (Å²) in [5.74, 6) is -0.205. The zero-order chi connectivity index (χ0) is 16.9. The van der Waals surface area contributed by atoms with Crippen molar-refractivity contribution in [1.82, 2.24) is 10.6 Å². The molecule has 1 unspecified atom stereocenters. The number of carbonyl (C=O) groups is 1. The maximum absolute atomic E-state index is 14.1. The molecule has 2 heterocycles. The first-order valence-electron chi connectivity index (χ1n) is 8.18. The van der Waals surface area contributed by atoms with E-state index >= 15 is 0 Å². The monoisotopic (exact) mass is 347 g/mol. The SMILES string of the molecule is Cc1ccc(F)c(N2CCCC(NC(=O)NCc3ccsc3)C2)c1. The number of hydrogen-bond acceptors (Lipinski definition) is 3. The third-order valence-corrected chi connectivity index (χ3v) is 4.96. The van der Waals surface area contributed by atoms with E-state index in [1.54, 1.807) is 17.4 Å². The number of piperidine rings is 1. The fourth-order valence-electron chi connectivity index (χ4n) is 2.99. The van der Waals surface area contributed by atoms with Gasteiger partial charge in [-0.15, -0.1) is 0 Å². The summed E-state index contributed by atoms with van der Waals surface area (Å²) in [6.07, 6.45) is 1.85. The Morgan fingerprint density at radius 2 is 2.29 bits per heavy atom. The van der Waals surface area contributed by atoms with Gasteiger partial charge in [-0.25, -0.2) is 9.18 Å². The van der Waals surface area contributed by atoms with Crippen LogP contribution in [-0.4, -0.2) is 25.2 Å². The molecule has 1 aliphatic rings. The quantitative estimate of drug-likeness (QED) is 0.886. The van der Waals surface area contributed by atoms with Gasteiger partial charge in [-0.2, -0.15) is 11.3 Å². The number of thiophene rings is 1. The lowest BCUT2D eigenvalue weighted by atomic mass is 10.0. The van der Waals surface area contributed by atoms with Gasteiger partial charge in [0.15, 0.2) is 0 Å². The number of carbonyl (C=O) groups excluding carboxylic acids is 1. The second-order valence-corrected chi connectivity index (χ2v) is 6.98. The highest BCUT2D eigenvalue weighted by molar-refractivity contribution is 7.07. The largest absolute Gasteiger partial charge is 0.367 e. The lowest BCUT2D eigenvalue weighted by molar-refractivity contribution is 0.234. The van der Waals surface area contributed by atoms with Crippen molar-refractivity contribution in [3.8, 4) is 0 Å². The average Bonchev–Trinajstić information content (AvgIpc) is 3.09. The fourth-order valence-corrected chi connectivity index (χ4v) is 3.66. The van der Waals surface area contributed by atoms with Crippen LogP contribution in [0.2, 0.25) is 0 Å². The Labute approximate surface area is 145 Å². The summed E-state index contributed by atoms with van der Waals surface area (Å²) in [7, 11) is 0. The molecule has 24 heavy (non-hydrogen) atoms. The van der Waals surface area contributed by atoms with Crippen LogP contribution in [0.25, 0.3) is 0 Å². The van der Waals surface area contributed by atoms with Gasteiger partial charge >= 0.3 is 6.03 Å². The van der Waals surface area contributed by atoms with E-state index in [-0.39, 0.29) is 17.9 Å². The minimum atomic E-state index is -0.205. The molecule has 0 bridgehead atoms. The third-order valence-electron chi connectivity index (χ3n) is 4.23. The van der Waals surface area contributed by atoms with Crippen LogP contribution < -0.4 is 15.5 Å². The summed E-state index contributed by atoms with van der Waals surface area (Å²) in [5.41, 5.74) is 2.76. The summed E-state index contributed by atoms with van der Waals surface area (Å²) in [5, 5.41) is 9.88. The van der Waals surface area contributed by atoms with Crippen molar-refractivity contribution in [2.75, 3.05) is 18.0 Å². The van der Waals surface area contributed by atoms with E-state index in [1.165, 1.54) is 6.07 Å². The molecule has 1 aromatic carbocycles. The van der Waals surface area contributed by atoms with Crippen molar-refractivity contribution >= 4 is 23.1 Å². The van der Waals surface area contributed by atoms with E-state index in [2.05, 4.69) is 10.6 Å². The highest BCUT2D eigenvalue weighted by Crippen LogP contribution is 2.24. The number of amides is 2. The Kier molecular flexibility index (Phi) is 5.35. The Bertz CT molecular complexity index is 690. The van der Waals surface area contributed by atoms with Crippen molar-refractivity contribution in [2.45, 2.75) is 32.4 Å². The first-order valence-corrected chi connectivity index (χ1v) is 9.12. The summed E-state index contributed by atoms with van der Waals surface area (Å²) in [6, 6.07) is 7.01. The average molecular weight is 347 g/mol. The maximum atomic E-state index is 14.1. The zero-order valence-electron chi connectivity index (χ0n) is 13.7. The number of nitrogens with zero attached hydrogens (tertiary/aromatic N) is 1. The van der Waals surface area contributed by atoms with Crippen LogP contribution in [-0.2, 0) is 6.54 Å². The van der Waals surface area contributed by atoms with Crippen molar-refractivity contribution < 1.29 is 9.18 Å². The molecule has 0 radical (unpaired) electrons. The van der Waals surface area contributed by atoms with Crippen LogP contribution in [0, 0.1) is 12.7 Å². The molecule has 1 aromatic heterocycles. The van der Waals surface area contributed by atoms with E-state index in [1.807, 2.05) is 34.7 Å². The number of hydrogen-bond donors (Lipinski definition) is 2. The zero-order valence-corrected chi connectivity index (χ0v) is 14.5. The number of benzene rings is 1. The minimum Gasteiger partial charge on any atom is -0.367 e. The lowest BCUT2D eigenvalue weighted by Crippen LogP contribution is -2.50. The second-order valence-electron chi connectivity index (χ2n) is 6.20. The molecular formula is C18H22FN3OS. The molecular weight excluding hydrogens is 325 g/mol. The molecule has 0 spiro atoms. The van der Waals surface area contributed by atoms with Crippen molar-refractivity contribution in [1.29, 1.82) is 0 Å². The highest BCUT2D eigenvalue weighted by atomic mass is 32.1. The number of rotatable bonds is 4. The van der Waals surface area contributed by atoms with E-state index in [0.29, 0.717) is 18.8 Å². The molecule has 128 valence electrons. The topological polar surface area (TPSA) is 44.4 Å². The molecule has 4 nitrogen and oxygen atoms in total. The van der Waals surface area contributed by atoms with Gasteiger partial charge < -0.3 is 15.5 Å². The first-order chi connectivity index (χ1) is 11.6. The molecule has 6 heteroatoms. The number of anilines is 1. The molecule has 2 aromatic rings. The van der Waals surface area contributed by atoms with Crippen LogP contribution >= 0.6 is 11.3 Å². The summed E-state index contributed by atoms with van der Waals surface area (Å²) >= 11 is 1.61. The highest BCUT2D eigenvalue weighted by Gasteiger charge is 2.23. The standard InChI is InChI=1S/C18H22FN3OS/c1-13-4-5-16(19)17(9-13)22-7-2-3-15(11-22)21-18(23)20-10-14-6-8-24-12-14/h4-6,8-9,12,15H,2-3,7,10-11H2,1H3,(H2,20,21,23). The number of halogens is 1. The van der Waals surface area contributed by atoms with Crippen LogP contribution in [0.3, 0.4) is 0 Å². The molecule has 2 N–H and O–H groups in total. The second kappa shape index (κ2) is 7.66. The molecule has 0 saturated carbocycles. The maximum Gasteiger partial charge on any atom is 0.315 e. The lowest BCUT2D eigenvalue weighted by Gasteiger charge is -2.35. The van der Waals surface area contributed by atoms with Crippen LogP contribution in [0.4, 0.5) is 14.9 Å². The van der Waals surface area contributed by atoms with Gasteiger partial charge in [0.1, 0.15) is 5.82 Å². The van der Waals surface area contributed by atoms with Gasteiger partial charge in [0.05, 0.1) is 5.69 Å².